The third-order valence-corrected chi connectivity index (χ3v) is 3.60. The van der Waals surface area contributed by atoms with Crippen LogP contribution in [0, 0.1) is 34.0 Å². The summed E-state index contributed by atoms with van der Waals surface area (Å²) in [5.74, 6) is 0.196. The van der Waals surface area contributed by atoms with Crippen molar-refractivity contribution >= 4 is 5.57 Å². The van der Waals surface area contributed by atoms with Gasteiger partial charge in [0.2, 0.25) is 0 Å². The molecule has 0 unspecified atom stereocenters. The molecule has 0 spiro atoms. The van der Waals surface area contributed by atoms with Crippen LogP contribution >= 0.6 is 0 Å². The third-order valence-electron chi connectivity index (χ3n) is 3.60. The van der Waals surface area contributed by atoms with Crippen molar-refractivity contribution in [3.63, 3.8) is 0 Å². The van der Waals surface area contributed by atoms with E-state index in [-0.39, 0.29) is 27.7 Å². The molecular weight excluding hydrogens is 286 g/mol. The topological polar surface area (TPSA) is 91.6 Å². The molecule has 118 valence electrons. The number of nitrogens with zero attached hydrogens (tertiary/aromatic N) is 3. The van der Waals surface area contributed by atoms with Gasteiger partial charge in [0.15, 0.2) is 0 Å². The third kappa shape index (κ3) is 3.71. The lowest BCUT2D eigenvalue weighted by Gasteiger charge is -2.28. The Hall–Kier alpha value is -2.77. The van der Waals surface area contributed by atoms with Gasteiger partial charge < -0.3 is 5.11 Å². The standard InChI is InChI=1S/C19H21N3O/c1-18(2,3)15-7-12(14(11-22)13(9-20)10-21)8-16(17(15)23)19(4,5)6/h7-8,23H,1-6H3. The number of benzene rings is 1. The lowest BCUT2D eigenvalue weighted by atomic mass is 9.77. The van der Waals surface area contributed by atoms with Crippen molar-refractivity contribution in [2.45, 2.75) is 52.4 Å². The van der Waals surface area contributed by atoms with Crippen LogP contribution in [0.4, 0.5) is 0 Å². The Morgan fingerprint density at radius 2 is 1.22 bits per heavy atom. The number of aromatic hydroxyl groups is 1. The van der Waals surface area contributed by atoms with E-state index in [1.165, 1.54) is 0 Å². The molecule has 0 fully saturated rings. The van der Waals surface area contributed by atoms with E-state index in [9.17, 15) is 10.4 Å². The van der Waals surface area contributed by atoms with Gasteiger partial charge in [-0.1, -0.05) is 41.5 Å². The van der Waals surface area contributed by atoms with Gasteiger partial charge in [-0.15, -0.1) is 0 Å². The first-order valence-corrected chi connectivity index (χ1v) is 7.30. The molecule has 23 heavy (non-hydrogen) atoms. The Labute approximate surface area is 137 Å². The van der Waals surface area contributed by atoms with E-state index in [4.69, 9.17) is 10.5 Å². The van der Waals surface area contributed by atoms with Crippen LogP contribution in [0.2, 0.25) is 0 Å². The van der Waals surface area contributed by atoms with Crippen LogP contribution in [-0.2, 0) is 10.8 Å². The lowest BCUT2D eigenvalue weighted by Crippen LogP contribution is -2.17. The zero-order valence-electron chi connectivity index (χ0n) is 14.4. The highest BCUT2D eigenvalue weighted by Gasteiger charge is 2.27. The first kappa shape index (κ1) is 18.3. The highest BCUT2D eigenvalue weighted by molar-refractivity contribution is 5.85. The minimum Gasteiger partial charge on any atom is -0.507 e. The number of nitriles is 3. The van der Waals surface area contributed by atoms with Gasteiger partial charge in [0.1, 0.15) is 29.5 Å². The quantitative estimate of drug-likeness (QED) is 0.782. The van der Waals surface area contributed by atoms with Crippen LogP contribution in [0.3, 0.4) is 0 Å². The van der Waals surface area contributed by atoms with Crippen molar-refractivity contribution in [3.05, 3.63) is 34.4 Å². The van der Waals surface area contributed by atoms with Crippen LogP contribution in [0.1, 0.15) is 58.2 Å². The Bertz CT molecular complexity index is 731. The Morgan fingerprint density at radius 1 is 0.826 bits per heavy atom. The Morgan fingerprint density at radius 3 is 1.48 bits per heavy atom. The summed E-state index contributed by atoms with van der Waals surface area (Å²) in [6, 6.07) is 8.87. The number of phenols is 1. The normalized spacial score (nSPS) is 11.1. The Kier molecular flexibility index (Phi) is 4.89. The molecule has 0 heterocycles. The van der Waals surface area contributed by atoms with E-state index >= 15 is 0 Å². The molecule has 1 rings (SSSR count). The molecule has 4 nitrogen and oxygen atoms in total. The second kappa shape index (κ2) is 6.15. The molecule has 0 aliphatic rings. The molecule has 0 saturated heterocycles. The van der Waals surface area contributed by atoms with Crippen LogP contribution in [0.5, 0.6) is 5.75 Å². The monoisotopic (exact) mass is 307 g/mol. The average Bonchev–Trinajstić information content (AvgIpc) is 2.42. The maximum Gasteiger partial charge on any atom is 0.148 e. The number of rotatable bonds is 1. The fourth-order valence-corrected chi connectivity index (χ4v) is 2.32. The van der Waals surface area contributed by atoms with Crippen LogP contribution < -0.4 is 0 Å². The van der Waals surface area contributed by atoms with Gasteiger partial charge in [-0.2, -0.15) is 15.8 Å². The molecule has 0 saturated carbocycles. The summed E-state index contributed by atoms with van der Waals surface area (Å²) in [6.07, 6.45) is 0. The average molecular weight is 307 g/mol. The first-order chi connectivity index (χ1) is 10.5. The maximum atomic E-state index is 10.7. The summed E-state index contributed by atoms with van der Waals surface area (Å²) in [6.45, 7) is 11.8. The number of hydrogen-bond donors (Lipinski definition) is 1. The van der Waals surface area contributed by atoms with Crippen LogP contribution in [0.25, 0.3) is 5.57 Å². The van der Waals surface area contributed by atoms with Gasteiger partial charge in [0.05, 0.1) is 5.57 Å². The molecule has 4 heteroatoms. The highest BCUT2D eigenvalue weighted by Crippen LogP contribution is 2.41. The second-order valence-corrected chi connectivity index (χ2v) is 7.51. The molecule has 0 atom stereocenters. The lowest BCUT2D eigenvalue weighted by molar-refractivity contribution is 0.423. The molecule has 1 N–H and O–H groups in total. The van der Waals surface area contributed by atoms with Gasteiger partial charge in [0.25, 0.3) is 0 Å². The highest BCUT2D eigenvalue weighted by atomic mass is 16.3. The van der Waals surface area contributed by atoms with Gasteiger partial charge in [0, 0.05) is 11.1 Å². The van der Waals surface area contributed by atoms with Crippen molar-refractivity contribution in [1.29, 1.82) is 15.8 Å². The molecule has 1 aromatic rings. The minimum absolute atomic E-state index is 0.0333. The Balaban J connectivity index is 3.93. The fraction of sp³-hybridized carbons (Fsp3) is 0.421. The van der Waals surface area contributed by atoms with E-state index < -0.39 is 0 Å². The first-order valence-electron chi connectivity index (χ1n) is 7.30. The molecular formula is C19H21N3O. The van der Waals surface area contributed by atoms with Gasteiger partial charge in [-0.3, -0.25) is 0 Å². The summed E-state index contributed by atoms with van der Waals surface area (Å²) in [7, 11) is 0. The molecule has 0 amide bonds. The van der Waals surface area contributed by atoms with E-state index in [1.807, 2.05) is 47.6 Å². The van der Waals surface area contributed by atoms with Crippen LogP contribution in [0.15, 0.2) is 17.7 Å². The minimum atomic E-state index is -0.347. The molecule has 1 aromatic carbocycles. The predicted molar refractivity (Wildman–Crippen MR) is 89.3 cm³/mol. The zero-order chi connectivity index (χ0) is 18.0. The summed E-state index contributed by atoms with van der Waals surface area (Å²) in [5.41, 5.74) is 0.966. The second-order valence-electron chi connectivity index (χ2n) is 7.51. The maximum absolute atomic E-state index is 10.7. The number of allylic oxidation sites excluding steroid dienone is 2. The van der Waals surface area contributed by atoms with E-state index in [0.29, 0.717) is 16.7 Å². The van der Waals surface area contributed by atoms with Crippen molar-refractivity contribution in [1.82, 2.24) is 0 Å². The van der Waals surface area contributed by atoms with Gasteiger partial charge in [-0.05, 0) is 28.5 Å². The summed E-state index contributed by atoms with van der Waals surface area (Å²) >= 11 is 0. The SMILES string of the molecule is CC(C)(C)c1cc(C(C#N)=C(C#N)C#N)cc(C(C)(C)C)c1O. The summed E-state index contributed by atoms with van der Waals surface area (Å²) in [5, 5.41) is 38.2. The van der Waals surface area contributed by atoms with E-state index in [1.54, 1.807) is 24.3 Å². The van der Waals surface area contributed by atoms with Crippen molar-refractivity contribution in [2.75, 3.05) is 0 Å². The van der Waals surface area contributed by atoms with Crippen LogP contribution in [-0.4, -0.2) is 5.11 Å². The summed E-state index contributed by atoms with van der Waals surface area (Å²) < 4.78 is 0. The van der Waals surface area contributed by atoms with E-state index in [2.05, 4.69) is 0 Å². The largest absolute Gasteiger partial charge is 0.507 e. The zero-order valence-corrected chi connectivity index (χ0v) is 14.4. The molecule has 0 aliphatic carbocycles. The van der Waals surface area contributed by atoms with E-state index in [0.717, 1.165) is 0 Å². The van der Waals surface area contributed by atoms with Crippen molar-refractivity contribution in [2.24, 2.45) is 0 Å². The molecule has 0 radical (unpaired) electrons. The molecule has 0 aromatic heterocycles. The predicted octanol–water partition coefficient (Wildman–Crippen LogP) is 4.31. The molecule has 0 bridgehead atoms. The van der Waals surface area contributed by atoms with Gasteiger partial charge in [-0.25, -0.2) is 0 Å². The smallest absolute Gasteiger partial charge is 0.148 e. The number of hydrogen-bond acceptors (Lipinski definition) is 4. The fourth-order valence-electron chi connectivity index (χ4n) is 2.32. The van der Waals surface area contributed by atoms with Gasteiger partial charge >= 0.3 is 0 Å². The van der Waals surface area contributed by atoms with Crippen molar-refractivity contribution < 1.29 is 5.11 Å². The number of phenolic OH excluding ortho intramolecular Hbond substituents is 1. The van der Waals surface area contributed by atoms with Crippen molar-refractivity contribution in [3.8, 4) is 24.0 Å². The summed E-state index contributed by atoms with van der Waals surface area (Å²) in [4.78, 5) is 0. The molecule has 0 aliphatic heterocycles.